The second-order valence-corrected chi connectivity index (χ2v) is 8.30. The highest BCUT2D eigenvalue weighted by molar-refractivity contribution is 7.09. The van der Waals surface area contributed by atoms with Gasteiger partial charge in [0.1, 0.15) is 11.9 Å². The molecule has 3 rings (SSSR count). The number of benzene rings is 1. The Morgan fingerprint density at radius 2 is 1.93 bits per heavy atom. The molecular weight excluding hydrogens is 374 g/mol. The fourth-order valence-corrected chi connectivity index (χ4v) is 3.49. The summed E-state index contributed by atoms with van der Waals surface area (Å²) in [5, 5.41) is 14.9. The van der Waals surface area contributed by atoms with E-state index in [-0.39, 0.29) is 23.7 Å². The summed E-state index contributed by atoms with van der Waals surface area (Å²) in [7, 11) is 0. The van der Waals surface area contributed by atoms with E-state index in [1.165, 1.54) is 0 Å². The van der Waals surface area contributed by atoms with Crippen LogP contribution in [-0.4, -0.2) is 27.0 Å². The van der Waals surface area contributed by atoms with E-state index < -0.39 is 6.04 Å². The molecule has 7 nitrogen and oxygen atoms in total. The molecule has 2 aromatic heterocycles. The monoisotopic (exact) mass is 397 g/mol. The predicted octanol–water partition coefficient (Wildman–Crippen LogP) is 3.20. The van der Waals surface area contributed by atoms with E-state index in [0.29, 0.717) is 17.1 Å². The number of H-pyrrole nitrogens is 1. The second-order valence-electron chi connectivity index (χ2n) is 7.44. The lowest BCUT2D eigenvalue weighted by atomic mass is 9.98. The van der Waals surface area contributed by atoms with Crippen molar-refractivity contribution in [3.63, 3.8) is 0 Å². The molecule has 8 heteroatoms. The van der Waals surface area contributed by atoms with Crippen LogP contribution in [0.15, 0.2) is 48.0 Å². The molecule has 2 amide bonds. The Hall–Kier alpha value is -3.00. The number of nitrogens with zero attached hydrogens (tertiary/aromatic N) is 2. The molecule has 0 fully saturated rings. The number of aromatic nitrogens is 3. The first-order valence-corrected chi connectivity index (χ1v) is 9.80. The smallest absolute Gasteiger partial charge is 0.252 e. The summed E-state index contributed by atoms with van der Waals surface area (Å²) in [6.07, 6.45) is 1.66. The highest BCUT2D eigenvalue weighted by Gasteiger charge is 2.24. The molecule has 146 valence electrons. The zero-order chi connectivity index (χ0) is 20.1. The minimum Gasteiger partial charge on any atom is -0.340 e. The van der Waals surface area contributed by atoms with E-state index >= 15 is 0 Å². The molecule has 0 bridgehead atoms. The molecule has 1 atom stereocenters. The van der Waals surface area contributed by atoms with Crippen molar-refractivity contribution < 1.29 is 9.59 Å². The molecule has 3 N–H and O–H groups in total. The summed E-state index contributed by atoms with van der Waals surface area (Å²) in [6, 6.07) is 9.94. The fraction of sp³-hybridized carbons (Fsp3) is 0.300. The molecule has 0 saturated heterocycles. The van der Waals surface area contributed by atoms with Crippen LogP contribution in [0.4, 0.5) is 5.82 Å². The summed E-state index contributed by atoms with van der Waals surface area (Å²) in [5.41, 5.74) is 1.34. The van der Waals surface area contributed by atoms with Crippen LogP contribution in [-0.2, 0) is 21.4 Å². The van der Waals surface area contributed by atoms with Gasteiger partial charge >= 0.3 is 0 Å². The van der Waals surface area contributed by atoms with Gasteiger partial charge in [0.2, 0.25) is 5.91 Å². The van der Waals surface area contributed by atoms with Gasteiger partial charge in [-0.3, -0.25) is 14.7 Å². The third-order valence-corrected chi connectivity index (χ3v) is 5.31. The summed E-state index contributed by atoms with van der Waals surface area (Å²) in [4.78, 5) is 29.9. The van der Waals surface area contributed by atoms with Gasteiger partial charge < -0.3 is 10.6 Å². The molecular formula is C20H23N5O2S. The first-order chi connectivity index (χ1) is 13.3. The maximum atomic E-state index is 12.7. The number of aromatic amines is 1. The summed E-state index contributed by atoms with van der Waals surface area (Å²) < 4.78 is 0. The van der Waals surface area contributed by atoms with Crippen LogP contribution in [0.5, 0.6) is 0 Å². The average molecular weight is 398 g/mol. The Bertz CT molecular complexity index is 929. The minimum atomic E-state index is -0.822. The first kappa shape index (κ1) is 19.8. The molecule has 3 aromatic rings. The number of carbonyl (C=O) groups excluding carboxylic acids is 2. The van der Waals surface area contributed by atoms with Crippen molar-refractivity contribution in [3.05, 3.63) is 64.2 Å². The number of hydrogen-bond donors (Lipinski definition) is 3. The van der Waals surface area contributed by atoms with Crippen molar-refractivity contribution in [1.82, 2.24) is 20.5 Å². The van der Waals surface area contributed by atoms with Crippen LogP contribution in [0, 0.1) is 0 Å². The van der Waals surface area contributed by atoms with Crippen LogP contribution in [0.25, 0.3) is 0 Å². The number of thiazole rings is 1. The van der Waals surface area contributed by atoms with E-state index in [1.807, 2.05) is 23.6 Å². The van der Waals surface area contributed by atoms with Crippen LogP contribution in [0.2, 0.25) is 0 Å². The molecule has 0 saturated carbocycles. The van der Waals surface area contributed by atoms with Crippen molar-refractivity contribution in [2.45, 2.75) is 38.6 Å². The second kappa shape index (κ2) is 8.35. The molecule has 2 heterocycles. The van der Waals surface area contributed by atoms with Gasteiger partial charge in [-0.15, -0.1) is 11.3 Å². The van der Waals surface area contributed by atoms with E-state index in [1.54, 1.807) is 35.7 Å². The highest BCUT2D eigenvalue weighted by Crippen LogP contribution is 2.25. The zero-order valence-electron chi connectivity index (χ0n) is 16.0. The fourth-order valence-electron chi connectivity index (χ4n) is 2.59. The Labute approximate surface area is 167 Å². The maximum absolute atomic E-state index is 12.7. The van der Waals surface area contributed by atoms with E-state index in [4.69, 9.17) is 0 Å². The lowest BCUT2D eigenvalue weighted by Gasteiger charge is -2.18. The van der Waals surface area contributed by atoms with E-state index in [2.05, 4.69) is 46.6 Å². The van der Waals surface area contributed by atoms with Gasteiger partial charge in [-0.1, -0.05) is 51.1 Å². The standard InChI is InChI=1S/C20H23N5O2S/c1-20(2,3)19-22-14(12-28-19)11-16(26)24-17(13-7-5-4-6-8-13)18(27)23-15-9-10-21-25-15/h4-10,12,17H,11H2,1-3H3,(H,24,26)(H2,21,23,25,27). The van der Waals surface area contributed by atoms with Gasteiger partial charge in [0.25, 0.3) is 5.91 Å². The van der Waals surface area contributed by atoms with E-state index in [0.717, 1.165) is 5.01 Å². The Balaban J connectivity index is 1.72. The van der Waals surface area contributed by atoms with Crippen LogP contribution in [0.3, 0.4) is 0 Å². The lowest BCUT2D eigenvalue weighted by Crippen LogP contribution is -2.37. The van der Waals surface area contributed by atoms with Gasteiger partial charge in [0, 0.05) is 16.9 Å². The molecule has 1 unspecified atom stereocenters. The maximum Gasteiger partial charge on any atom is 0.252 e. The largest absolute Gasteiger partial charge is 0.340 e. The van der Waals surface area contributed by atoms with Gasteiger partial charge in [-0.05, 0) is 5.56 Å². The molecule has 0 aliphatic heterocycles. The van der Waals surface area contributed by atoms with Gasteiger partial charge in [-0.25, -0.2) is 4.98 Å². The number of rotatable bonds is 6. The topological polar surface area (TPSA) is 99.8 Å². The lowest BCUT2D eigenvalue weighted by molar-refractivity contribution is -0.126. The Kier molecular flexibility index (Phi) is 5.89. The Morgan fingerprint density at radius 1 is 1.18 bits per heavy atom. The normalized spacial score (nSPS) is 12.4. The SMILES string of the molecule is CC(C)(C)c1nc(CC(=O)NC(C(=O)Nc2ccn[nH]2)c2ccccc2)cs1. The van der Waals surface area contributed by atoms with E-state index in [9.17, 15) is 9.59 Å². The molecule has 0 aliphatic carbocycles. The number of hydrogen-bond acceptors (Lipinski definition) is 5. The first-order valence-electron chi connectivity index (χ1n) is 8.92. The summed E-state index contributed by atoms with van der Waals surface area (Å²) in [5.74, 6) is -0.147. The van der Waals surface area contributed by atoms with Crippen LogP contribution < -0.4 is 10.6 Å². The molecule has 0 aliphatic rings. The average Bonchev–Trinajstić information content (AvgIpc) is 3.32. The molecule has 1 aromatic carbocycles. The highest BCUT2D eigenvalue weighted by atomic mass is 32.1. The predicted molar refractivity (Wildman–Crippen MR) is 109 cm³/mol. The van der Waals surface area contributed by atoms with Crippen LogP contribution in [0.1, 0.15) is 43.1 Å². The minimum absolute atomic E-state index is 0.0596. The molecule has 0 spiro atoms. The molecule has 0 radical (unpaired) electrons. The quantitative estimate of drug-likeness (QED) is 0.595. The van der Waals surface area contributed by atoms with Crippen molar-refractivity contribution in [2.24, 2.45) is 0 Å². The van der Waals surface area contributed by atoms with Gasteiger partial charge in [-0.2, -0.15) is 5.10 Å². The Morgan fingerprint density at radius 3 is 2.54 bits per heavy atom. The van der Waals surface area contributed by atoms with Crippen LogP contribution >= 0.6 is 11.3 Å². The van der Waals surface area contributed by atoms with Crippen molar-refractivity contribution >= 4 is 29.0 Å². The van der Waals surface area contributed by atoms with Gasteiger partial charge in [0.05, 0.1) is 23.3 Å². The van der Waals surface area contributed by atoms with Crippen molar-refractivity contribution in [1.29, 1.82) is 0 Å². The van der Waals surface area contributed by atoms with Gasteiger partial charge in [0.15, 0.2) is 0 Å². The van der Waals surface area contributed by atoms with Crippen molar-refractivity contribution in [3.8, 4) is 0 Å². The molecule has 28 heavy (non-hydrogen) atoms. The number of anilines is 1. The zero-order valence-corrected chi connectivity index (χ0v) is 16.8. The number of amides is 2. The van der Waals surface area contributed by atoms with Crippen molar-refractivity contribution in [2.75, 3.05) is 5.32 Å². The third-order valence-electron chi connectivity index (χ3n) is 3.99. The number of carbonyl (C=O) groups is 2. The summed E-state index contributed by atoms with van der Waals surface area (Å²) in [6.45, 7) is 6.25. The summed E-state index contributed by atoms with van der Waals surface area (Å²) >= 11 is 1.54. The third kappa shape index (κ3) is 5.04. The number of nitrogens with one attached hydrogen (secondary N) is 3.